The number of aromatic amines is 1. The topological polar surface area (TPSA) is 312 Å². The van der Waals surface area contributed by atoms with Crippen molar-refractivity contribution in [1.29, 1.82) is 0 Å². The third kappa shape index (κ3) is 9.02. The fraction of sp³-hybridized carbons (Fsp3) is 0.733. The zero-order valence-electron chi connectivity index (χ0n) is 27.5. The van der Waals surface area contributed by atoms with Gasteiger partial charge >= 0.3 is 5.69 Å². The van der Waals surface area contributed by atoms with Crippen LogP contribution in [0.5, 0.6) is 0 Å². The van der Waals surface area contributed by atoms with Crippen LogP contribution in [0.4, 0.5) is 0 Å². The van der Waals surface area contributed by atoms with Crippen LogP contribution in [0.25, 0.3) is 0 Å². The van der Waals surface area contributed by atoms with Gasteiger partial charge in [-0.3, -0.25) is 23.9 Å². The van der Waals surface area contributed by atoms with Crippen molar-refractivity contribution in [2.45, 2.75) is 126 Å². The smallest absolute Gasteiger partial charge is 0.330 e. The Hall–Kier alpha value is -3.12. The molecule has 3 saturated heterocycles. The lowest BCUT2D eigenvalue weighted by molar-refractivity contribution is -0.346. The molecule has 0 radical (unpaired) electrons. The zero-order valence-corrected chi connectivity index (χ0v) is 27.5. The number of nitrogens with zero attached hydrogens (tertiary/aromatic N) is 1. The van der Waals surface area contributed by atoms with Crippen LogP contribution in [-0.4, -0.2) is 155 Å². The van der Waals surface area contributed by atoms with E-state index < -0.39 is 128 Å². The molecule has 20 heteroatoms. The first kappa shape index (κ1) is 39.7. The summed E-state index contributed by atoms with van der Waals surface area (Å²) >= 11 is 0. The molecule has 2 amide bonds. The molecule has 4 rings (SSSR count). The first-order valence-electron chi connectivity index (χ1n) is 16.1. The van der Waals surface area contributed by atoms with E-state index in [-0.39, 0.29) is 5.92 Å². The van der Waals surface area contributed by atoms with Crippen molar-refractivity contribution >= 4 is 11.8 Å². The van der Waals surface area contributed by atoms with Crippen LogP contribution in [0.1, 0.15) is 39.8 Å². The highest BCUT2D eigenvalue weighted by atomic mass is 16.8. The number of amides is 2. The second-order valence-corrected chi connectivity index (χ2v) is 13.0. The Morgan fingerprint density at radius 3 is 2.10 bits per heavy atom. The Kier molecular flexibility index (Phi) is 13.4. The van der Waals surface area contributed by atoms with Crippen molar-refractivity contribution < 1.29 is 69.4 Å². The average molecular weight is 719 g/mol. The Morgan fingerprint density at radius 2 is 1.52 bits per heavy atom. The van der Waals surface area contributed by atoms with Crippen molar-refractivity contribution in [2.24, 2.45) is 5.92 Å². The molecule has 0 saturated carbocycles. The van der Waals surface area contributed by atoms with Gasteiger partial charge in [0, 0.05) is 25.6 Å². The van der Waals surface area contributed by atoms with E-state index in [1.807, 2.05) is 18.8 Å². The van der Waals surface area contributed by atoms with Gasteiger partial charge in [0.05, 0.1) is 18.8 Å². The monoisotopic (exact) mass is 718 g/mol. The second-order valence-electron chi connectivity index (χ2n) is 13.0. The lowest BCUT2D eigenvalue weighted by atomic mass is 9.91. The van der Waals surface area contributed by atoms with Gasteiger partial charge in [-0.1, -0.05) is 19.9 Å². The van der Waals surface area contributed by atoms with E-state index in [2.05, 4.69) is 10.6 Å². The van der Waals surface area contributed by atoms with E-state index in [9.17, 15) is 60.0 Å². The lowest BCUT2D eigenvalue weighted by Crippen LogP contribution is -2.68. The average Bonchev–Trinajstić information content (AvgIpc) is 3.34. The number of allylic oxidation sites excluding steroid dienone is 1. The van der Waals surface area contributed by atoms with Gasteiger partial charge in [-0.25, -0.2) is 4.79 Å². The number of carbonyl (C=O) groups excluding carboxylic acids is 2. The number of rotatable bonds is 12. The number of carbonyl (C=O) groups is 2. The largest absolute Gasteiger partial charge is 0.394 e. The van der Waals surface area contributed by atoms with Crippen LogP contribution >= 0.6 is 0 Å². The summed E-state index contributed by atoms with van der Waals surface area (Å²) in [5, 5.41) is 90.4. The van der Waals surface area contributed by atoms with E-state index in [0.29, 0.717) is 6.42 Å². The molecule has 0 spiro atoms. The standard InChI is InChI=1S/C30H46N4O16/c1-11(2)5-4-6-16(38)32-19-23(43)20(40)14(47-29(19)50-28-18(31-12(3)36)22(42)21(41)15(10-35)48-28)9-13(37)26-24(44)25(45)27(49-26)34-8-7-17(39)33-30(34)46/h4,6-8,11,13-15,18-29,35,37,40-45H,5,9-10H2,1-3H3,(H,31,36)(H,32,38)(H,33,39,46)/t13?,14-,15-,18-,19-,20+,21-,22-,23-,24+,25-,26-,27-,28-,29+/m1/s1. The summed E-state index contributed by atoms with van der Waals surface area (Å²) in [6.07, 6.45) is -18.1. The van der Waals surface area contributed by atoms with Crippen LogP contribution in [-0.2, 0) is 28.5 Å². The Balaban J connectivity index is 1.58. The summed E-state index contributed by atoms with van der Waals surface area (Å²) in [4.78, 5) is 50.5. The third-order valence-corrected chi connectivity index (χ3v) is 8.66. The normalized spacial score (nSPS) is 38.3. The summed E-state index contributed by atoms with van der Waals surface area (Å²) in [7, 11) is 0. The molecule has 3 aliphatic rings. The summed E-state index contributed by atoms with van der Waals surface area (Å²) < 4.78 is 23.8. The summed E-state index contributed by atoms with van der Waals surface area (Å²) in [6, 6.07) is -2.02. The van der Waals surface area contributed by atoms with Crippen molar-refractivity contribution in [3.63, 3.8) is 0 Å². The highest BCUT2D eigenvalue weighted by Gasteiger charge is 2.53. The molecule has 0 aromatic carbocycles. The summed E-state index contributed by atoms with van der Waals surface area (Å²) in [6.45, 7) is 4.19. The fourth-order valence-corrected chi connectivity index (χ4v) is 6.01. The molecule has 0 bridgehead atoms. The summed E-state index contributed by atoms with van der Waals surface area (Å²) in [5.74, 6) is -1.16. The number of aliphatic hydroxyl groups excluding tert-OH is 8. The van der Waals surface area contributed by atoms with Gasteiger partial charge in [0.2, 0.25) is 11.8 Å². The molecule has 4 heterocycles. The first-order valence-corrected chi connectivity index (χ1v) is 16.1. The van der Waals surface area contributed by atoms with E-state index in [1.54, 1.807) is 6.08 Å². The van der Waals surface area contributed by atoms with Crippen LogP contribution in [0.15, 0.2) is 34.0 Å². The van der Waals surface area contributed by atoms with E-state index in [4.69, 9.17) is 18.9 Å². The number of aliphatic hydroxyl groups is 8. The van der Waals surface area contributed by atoms with Crippen LogP contribution in [0.2, 0.25) is 0 Å². The van der Waals surface area contributed by atoms with E-state index in [0.717, 1.165) is 23.8 Å². The van der Waals surface area contributed by atoms with Crippen molar-refractivity contribution in [1.82, 2.24) is 20.2 Å². The summed E-state index contributed by atoms with van der Waals surface area (Å²) in [5.41, 5.74) is -1.69. The number of hydrogen-bond acceptors (Lipinski definition) is 16. The van der Waals surface area contributed by atoms with Crippen molar-refractivity contribution in [2.75, 3.05) is 6.61 Å². The van der Waals surface area contributed by atoms with E-state index in [1.165, 1.54) is 6.08 Å². The molecule has 0 aliphatic carbocycles. The molecule has 3 fully saturated rings. The highest BCUT2D eigenvalue weighted by molar-refractivity contribution is 5.87. The fourth-order valence-electron chi connectivity index (χ4n) is 6.01. The molecule has 1 aromatic rings. The Labute approximate surface area is 284 Å². The second kappa shape index (κ2) is 16.9. The molecule has 15 atom stereocenters. The minimum atomic E-state index is -1.85. The molecular formula is C30H46N4O16. The Bertz CT molecular complexity index is 1450. The maximum Gasteiger partial charge on any atom is 0.330 e. The number of aromatic nitrogens is 2. The molecule has 20 nitrogen and oxygen atoms in total. The van der Waals surface area contributed by atoms with Crippen molar-refractivity contribution in [3.05, 3.63) is 45.3 Å². The van der Waals surface area contributed by atoms with Gasteiger partial charge in [0.1, 0.15) is 60.9 Å². The molecule has 11 N–H and O–H groups in total. The molecule has 50 heavy (non-hydrogen) atoms. The third-order valence-electron chi connectivity index (χ3n) is 8.66. The molecular weight excluding hydrogens is 672 g/mol. The van der Waals surface area contributed by atoms with Gasteiger partial charge in [-0.2, -0.15) is 0 Å². The number of ether oxygens (including phenoxy) is 4. The molecule has 1 unspecified atom stereocenters. The van der Waals surface area contributed by atoms with Gasteiger partial charge < -0.3 is 70.4 Å². The molecule has 282 valence electrons. The van der Waals surface area contributed by atoms with Gasteiger partial charge in [-0.15, -0.1) is 0 Å². The SMILES string of the molecule is CC(=O)N[C@H]1[C@@H](O[C@@H]2O[C@H](CC(O)[C@H]3O[C@@H](n4ccc(=O)[nH]c4=O)[C@H](O)[C@@H]3O)[C@H](O)[C@H](O)[C@H]2NC(=O)C=CCC(C)C)O[C@H](CO)[C@@H](O)[C@@H]1O. The van der Waals surface area contributed by atoms with Gasteiger partial charge in [0.15, 0.2) is 18.8 Å². The number of nitrogens with one attached hydrogen (secondary N) is 3. The van der Waals surface area contributed by atoms with Crippen LogP contribution in [0, 0.1) is 5.92 Å². The quantitative estimate of drug-likeness (QED) is 0.0898. The first-order chi connectivity index (χ1) is 23.5. The lowest BCUT2D eigenvalue weighted by Gasteiger charge is -2.47. The maximum absolute atomic E-state index is 12.8. The minimum Gasteiger partial charge on any atom is -0.394 e. The maximum atomic E-state index is 12.8. The van der Waals surface area contributed by atoms with Crippen LogP contribution in [0.3, 0.4) is 0 Å². The predicted molar refractivity (Wildman–Crippen MR) is 166 cm³/mol. The molecule has 3 aliphatic heterocycles. The highest BCUT2D eigenvalue weighted by Crippen LogP contribution is 2.34. The van der Waals surface area contributed by atoms with Crippen molar-refractivity contribution in [3.8, 4) is 0 Å². The molecule has 1 aromatic heterocycles. The Morgan fingerprint density at radius 1 is 0.920 bits per heavy atom. The number of H-pyrrole nitrogens is 1. The minimum absolute atomic E-state index is 0.222. The predicted octanol–water partition coefficient (Wildman–Crippen LogP) is -5.60. The number of hydrogen-bond donors (Lipinski definition) is 11. The van der Waals surface area contributed by atoms with Gasteiger partial charge in [-0.05, 0) is 18.4 Å². The van der Waals surface area contributed by atoms with Gasteiger partial charge in [0.25, 0.3) is 5.56 Å². The van der Waals surface area contributed by atoms with Crippen LogP contribution < -0.4 is 21.9 Å². The zero-order chi connectivity index (χ0) is 37.0. The van der Waals surface area contributed by atoms with E-state index >= 15 is 0 Å².